The van der Waals surface area contributed by atoms with Gasteiger partial charge in [0.25, 0.3) is 0 Å². The maximum atomic E-state index is 5.09. The van der Waals surface area contributed by atoms with Crippen molar-refractivity contribution in [2.75, 3.05) is 6.61 Å². The maximum Gasteiger partial charge on any atom is 0.243 e. The highest BCUT2D eigenvalue weighted by Gasteiger charge is 2.25. The summed E-state index contributed by atoms with van der Waals surface area (Å²) in [6, 6.07) is 0. The van der Waals surface area contributed by atoms with E-state index >= 15 is 0 Å². The van der Waals surface area contributed by atoms with E-state index in [1.807, 2.05) is 17.8 Å². The molecule has 0 spiro atoms. The first-order chi connectivity index (χ1) is 4.84. The Morgan fingerprint density at radius 3 is 3.10 bits per heavy atom. The second-order valence-electron chi connectivity index (χ2n) is 2.73. The molecule has 1 aliphatic rings. The van der Waals surface area contributed by atoms with Crippen LogP contribution in [-0.4, -0.2) is 17.3 Å². The summed E-state index contributed by atoms with van der Waals surface area (Å²) >= 11 is 0. The molecule has 0 bridgehead atoms. The predicted octanol–water partition coefficient (Wildman–Crippen LogP) is -0.289. The van der Waals surface area contributed by atoms with Crippen LogP contribution in [0.1, 0.15) is 0 Å². The molecule has 0 amide bonds. The molecule has 2 rings (SSSR count). The van der Waals surface area contributed by atoms with Crippen LogP contribution in [0, 0.1) is 0 Å². The lowest BCUT2D eigenvalue weighted by molar-refractivity contribution is -0.671. The molecule has 10 heavy (non-hydrogen) atoms. The lowest BCUT2D eigenvalue weighted by Gasteiger charge is -1.86. The maximum absolute atomic E-state index is 5.09. The first-order valence-electron chi connectivity index (χ1n) is 3.47. The Kier molecular flexibility index (Phi) is 1.24. The fraction of sp³-hybridized carbons (Fsp3) is 0.571. The fourth-order valence-electron chi connectivity index (χ4n) is 1.02. The number of aromatic nitrogens is 2. The van der Waals surface area contributed by atoms with Gasteiger partial charge in [0.05, 0.1) is 13.7 Å². The zero-order valence-electron chi connectivity index (χ0n) is 6.03. The molecular weight excluding hydrogens is 128 g/mol. The summed E-state index contributed by atoms with van der Waals surface area (Å²) in [7, 11) is 2.02. The van der Waals surface area contributed by atoms with E-state index in [1.165, 1.54) is 0 Å². The minimum Gasteiger partial charge on any atom is -0.369 e. The average molecular weight is 139 g/mol. The Bertz CT molecular complexity index is 227. The van der Waals surface area contributed by atoms with Gasteiger partial charge in [-0.15, -0.1) is 0 Å². The highest BCUT2D eigenvalue weighted by molar-refractivity contribution is 4.74. The van der Waals surface area contributed by atoms with E-state index < -0.39 is 0 Å². The molecule has 1 unspecified atom stereocenters. The number of aryl methyl sites for hydroxylation is 1. The largest absolute Gasteiger partial charge is 0.369 e. The third-order valence-electron chi connectivity index (χ3n) is 1.64. The number of hydrogen-bond acceptors (Lipinski definition) is 1. The lowest BCUT2D eigenvalue weighted by Crippen LogP contribution is -2.24. The highest BCUT2D eigenvalue weighted by atomic mass is 16.6. The second kappa shape index (κ2) is 2.09. The molecule has 1 aliphatic heterocycles. The normalized spacial score (nSPS) is 23.1. The summed E-state index contributed by atoms with van der Waals surface area (Å²) in [6.07, 6.45) is 6.62. The molecule has 0 radical (unpaired) electrons. The van der Waals surface area contributed by atoms with Crippen LogP contribution in [0.4, 0.5) is 0 Å². The van der Waals surface area contributed by atoms with E-state index in [9.17, 15) is 0 Å². The van der Waals surface area contributed by atoms with E-state index in [1.54, 1.807) is 0 Å². The first kappa shape index (κ1) is 5.92. The third kappa shape index (κ3) is 1.19. The predicted molar refractivity (Wildman–Crippen MR) is 35.3 cm³/mol. The number of imidazole rings is 1. The molecule has 1 saturated heterocycles. The summed E-state index contributed by atoms with van der Waals surface area (Å²) in [4.78, 5) is 0. The van der Waals surface area contributed by atoms with E-state index in [-0.39, 0.29) is 0 Å². The van der Waals surface area contributed by atoms with Crippen LogP contribution in [0.15, 0.2) is 18.7 Å². The van der Waals surface area contributed by atoms with Crippen LogP contribution in [0.25, 0.3) is 0 Å². The molecule has 3 heteroatoms. The molecule has 0 aromatic carbocycles. The Hall–Kier alpha value is -0.830. The Morgan fingerprint density at radius 1 is 1.80 bits per heavy atom. The van der Waals surface area contributed by atoms with Crippen LogP contribution in [-0.2, 0) is 18.3 Å². The van der Waals surface area contributed by atoms with Crippen molar-refractivity contribution >= 4 is 0 Å². The number of rotatable bonds is 2. The number of nitrogens with zero attached hydrogens (tertiary/aromatic N) is 2. The molecule has 54 valence electrons. The molecular formula is C7H11N2O+. The van der Waals surface area contributed by atoms with Gasteiger partial charge in [-0.05, 0) is 0 Å². The van der Waals surface area contributed by atoms with Gasteiger partial charge in [0, 0.05) is 0 Å². The molecule has 0 saturated carbocycles. The first-order valence-corrected chi connectivity index (χ1v) is 3.47. The van der Waals surface area contributed by atoms with Gasteiger partial charge >= 0.3 is 0 Å². The summed E-state index contributed by atoms with van der Waals surface area (Å²) in [5.41, 5.74) is 0. The molecule has 1 atom stereocenters. The van der Waals surface area contributed by atoms with Crippen molar-refractivity contribution < 1.29 is 9.30 Å². The minimum absolute atomic E-state index is 0.479. The van der Waals surface area contributed by atoms with Gasteiger partial charge in [0.1, 0.15) is 25.0 Å². The monoisotopic (exact) mass is 139 g/mol. The van der Waals surface area contributed by atoms with Gasteiger partial charge in [0.15, 0.2) is 0 Å². The molecule has 1 fully saturated rings. The molecule has 0 N–H and O–H groups in total. The van der Waals surface area contributed by atoms with Crippen molar-refractivity contribution in [2.24, 2.45) is 7.05 Å². The summed E-state index contributed by atoms with van der Waals surface area (Å²) < 4.78 is 9.26. The number of epoxide rings is 1. The lowest BCUT2D eigenvalue weighted by atomic mass is 10.5. The van der Waals surface area contributed by atoms with Crippen LogP contribution in [0.2, 0.25) is 0 Å². The molecule has 3 nitrogen and oxygen atoms in total. The van der Waals surface area contributed by atoms with E-state index in [2.05, 4.69) is 17.1 Å². The van der Waals surface area contributed by atoms with Crippen LogP contribution < -0.4 is 4.57 Å². The topological polar surface area (TPSA) is 21.3 Å². The Morgan fingerprint density at radius 2 is 2.60 bits per heavy atom. The van der Waals surface area contributed by atoms with Crippen molar-refractivity contribution in [1.82, 2.24) is 4.57 Å². The van der Waals surface area contributed by atoms with E-state index in [0.29, 0.717) is 6.10 Å². The van der Waals surface area contributed by atoms with Gasteiger partial charge in [-0.1, -0.05) is 0 Å². The van der Waals surface area contributed by atoms with Gasteiger partial charge in [0.2, 0.25) is 6.33 Å². The van der Waals surface area contributed by atoms with E-state index in [0.717, 1.165) is 13.2 Å². The third-order valence-corrected chi connectivity index (χ3v) is 1.64. The standard InChI is InChI=1S/C7H11N2O/c1-8-2-3-9(6-8)4-7-5-10-7/h2-3,6-7H,4-5H2,1H3/q+1. The second-order valence-corrected chi connectivity index (χ2v) is 2.73. The molecule has 0 aliphatic carbocycles. The van der Waals surface area contributed by atoms with Crippen LogP contribution in [0.5, 0.6) is 0 Å². The Labute approximate surface area is 59.8 Å². The SMILES string of the molecule is C[n+]1ccn(CC2CO2)c1. The van der Waals surface area contributed by atoms with Gasteiger partial charge in [-0.25, -0.2) is 9.13 Å². The Balaban J connectivity index is 2.03. The smallest absolute Gasteiger partial charge is 0.243 e. The van der Waals surface area contributed by atoms with Crippen molar-refractivity contribution in [3.8, 4) is 0 Å². The molecule has 2 heterocycles. The van der Waals surface area contributed by atoms with Gasteiger partial charge in [-0.2, -0.15) is 0 Å². The van der Waals surface area contributed by atoms with Crippen LogP contribution >= 0.6 is 0 Å². The van der Waals surface area contributed by atoms with Crippen molar-refractivity contribution in [2.45, 2.75) is 12.6 Å². The van der Waals surface area contributed by atoms with E-state index in [4.69, 9.17) is 4.74 Å². The van der Waals surface area contributed by atoms with Crippen molar-refractivity contribution in [3.05, 3.63) is 18.7 Å². The molecule has 1 aromatic rings. The zero-order valence-corrected chi connectivity index (χ0v) is 6.03. The molecule has 1 aromatic heterocycles. The highest BCUT2D eigenvalue weighted by Crippen LogP contribution is 2.10. The van der Waals surface area contributed by atoms with Gasteiger partial charge in [-0.3, -0.25) is 0 Å². The van der Waals surface area contributed by atoms with Crippen molar-refractivity contribution in [1.29, 1.82) is 0 Å². The number of ether oxygens (including phenoxy) is 1. The summed E-state index contributed by atoms with van der Waals surface area (Å²) in [6.45, 7) is 1.93. The fourth-order valence-corrected chi connectivity index (χ4v) is 1.02. The average Bonchev–Trinajstić information content (AvgIpc) is 2.59. The summed E-state index contributed by atoms with van der Waals surface area (Å²) in [5.74, 6) is 0. The number of hydrogen-bond donors (Lipinski definition) is 0. The zero-order chi connectivity index (χ0) is 6.97. The van der Waals surface area contributed by atoms with Crippen molar-refractivity contribution in [3.63, 3.8) is 0 Å². The summed E-state index contributed by atoms with van der Waals surface area (Å²) in [5, 5.41) is 0. The van der Waals surface area contributed by atoms with Gasteiger partial charge < -0.3 is 4.74 Å². The quantitative estimate of drug-likeness (QED) is 0.407. The van der Waals surface area contributed by atoms with Crippen LogP contribution in [0.3, 0.4) is 0 Å². The minimum atomic E-state index is 0.479.